The Hall–Kier alpha value is -1.77. The van der Waals surface area contributed by atoms with E-state index in [9.17, 15) is 4.79 Å². The van der Waals surface area contributed by atoms with Crippen LogP contribution < -0.4 is 5.73 Å². The molecule has 0 heterocycles. The van der Waals surface area contributed by atoms with Crippen molar-refractivity contribution in [2.75, 3.05) is 6.61 Å². The zero-order valence-electron chi connectivity index (χ0n) is 8.62. The molecule has 1 aliphatic rings. The Morgan fingerprint density at radius 1 is 1.47 bits per heavy atom. The Labute approximate surface area is 88.5 Å². The number of ether oxygens (including phenoxy) is 1. The van der Waals surface area contributed by atoms with Crippen LogP contribution in [-0.2, 0) is 11.2 Å². The van der Waals surface area contributed by atoms with Gasteiger partial charge < -0.3 is 10.5 Å². The van der Waals surface area contributed by atoms with E-state index in [-0.39, 0.29) is 11.7 Å². The number of rotatable bonds is 2. The van der Waals surface area contributed by atoms with E-state index in [1.54, 1.807) is 0 Å². The highest BCUT2D eigenvalue weighted by Gasteiger charge is 2.27. The topological polar surface area (TPSA) is 52.3 Å². The first-order valence-corrected chi connectivity index (χ1v) is 4.98. The van der Waals surface area contributed by atoms with Gasteiger partial charge in [-0.2, -0.15) is 0 Å². The molecule has 3 heteroatoms. The van der Waals surface area contributed by atoms with Crippen LogP contribution in [0.1, 0.15) is 22.8 Å². The number of carbonyl (C=O) groups excluding carboxylic acids is 1. The first-order chi connectivity index (χ1) is 7.24. The average Bonchev–Trinajstić information content (AvgIpc) is 2.57. The van der Waals surface area contributed by atoms with Crippen LogP contribution in [0.25, 0.3) is 0 Å². The van der Waals surface area contributed by atoms with Crippen LogP contribution in [-0.4, -0.2) is 12.4 Å². The molecular formula is C12H13NO2. The van der Waals surface area contributed by atoms with Gasteiger partial charge in [0, 0.05) is 12.0 Å². The van der Waals surface area contributed by atoms with Crippen molar-refractivity contribution in [3.8, 4) is 0 Å². The molecule has 0 unspecified atom stereocenters. The quantitative estimate of drug-likeness (QED) is 0.587. The average molecular weight is 203 g/mol. The minimum absolute atomic E-state index is 0.00319. The fourth-order valence-corrected chi connectivity index (χ4v) is 1.77. The molecule has 1 aromatic carbocycles. The van der Waals surface area contributed by atoms with E-state index in [2.05, 4.69) is 0 Å². The van der Waals surface area contributed by atoms with Gasteiger partial charge in [0.15, 0.2) is 11.7 Å². The maximum atomic E-state index is 11.9. The van der Waals surface area contributed by atoms with E-state index in [0.717, 1.165) is 11.1 Å². The summed E-state index contributed by atoms with van der Waals surface area (Å²) >= 11 is 0. The van der Waals surface area contributed by atoms with Gasteiger partial charge in [0.25, 0.3) is 0 Å². The number of hydrogen-bond acceptors (Lipinski definition) is 3. The lowest BCUT2D eigenvalue weighted by Gasteiger charge is -2.04. The van der Waals surface area contributed by atoms with Crippen molar-refractivity contribution < 1.29 is 9.53 Å². The minimum Gasteiger partial charge on any atom is -0.479 e. The third-order valence-corrected chi connectivity index (χ3v) is 2.50. The summed E-state index contributed by atoms with van der Waals surface area (Å²) in [5.41, 5.74) is 8.05. The predicted octanol–water partition coefficient (Wildman–Crippen LogP) is 1.63. The van der Waals surface area contributed by atoms with Gasteiger partial charge in [-0.15, -0.1) is 0 Å². The number of nitrogens with two attached hydrogens (primary N) is 1. The number of ketones is 1. The third kappa shape index (κ3) is 1.61. The van der Waals surface area contributed by atoms with Crippen molar-refractivity contribution in [2.24, 2.45) is 5.73 Å². The van der Waals surface area contributed by atoms with Gasteiger partial charge in [-0.3, -0.25) is 4.79 Å². The maximum absolute atomic E-state index is 11.9. The fourth-order valence-electron chi connectivity index (χ4n) is 1.77. The van der Waals surface area contributed by atoms with Crippen LogP contribution >= 0.6 is 0 Å². The Bertz CT molecular complexity index is 435. The highest BCUT2D eigenvalue weighted by atomic mass is 16.5. The molecule has 0 atom stereocenters. The summed E-state index contributed by atoms with van der Waals surface area (Å²) in [5.74, 6) is 0.259. The van der Waals surface area contributed by atoms with Crippen molar-refractivity contribution in [3.05, 3.63) is 46.8 Å². The number of allylic oxidation sites excluding steroid dienone is 1. The van der Waals surface area contributed by atoms with Crippen molar-refractivity contribution in [1.29, 1.82) is 0 Å². The Balaban J connectivity index is 2.39. The number of hydrogen-bond donors (Lipinski definition) is 1. The van der Waals surface area contributed by atoms with Gasteiger partial charge in [-0.25, -0.2) is 0 Å². The second kappa shape index (κ2) is 3.77. The molecule has 0 saturated heterocycles. The van der Waals surface area contributed by atoms with Crippen molar-refractivity contribution >= 4 is 5.78 Å². The van der Waals surface area contributed by atoms with Gasteiger partial charge in [0.05, 0.1) is 12.2 Å². The molecule has 0 fully saturated rings. The second-order valence-electron chi connectivity index (χ2n) is 3.44. The highest BCUT2D eigenvalue weighted by Crippen LogP contribution is 2.27. The highest BCUT2D eigenvalue weighted by molar-refractivity contribution is 6.13. The van der Waals surface area contributed by atoms with Crippen LogP contribution in [0.4, 0.5) is 0 Å². The molecule has 15 heavy (non-hydrogen) atoms. The number of fused-ring (bicyclic) bond motifs is 1. The molecule has 3 nitrogen and oxygen atoms in total. The summed E-state index contributed by atoms with van der Waals surface area (Å²) in [4.78, 5) is 11.9. The molecule has 0 radical (unpaired) electrons. The molecular weight excluding hydrogens is 190 g/mol. The molecule has 0 amide bonds. The molecule has 2 rings (SSSR count). The summed E-state index contributed by atoms with van der Waals surface area (Å²) in [7, 11) is 0. The molecule has 1 aliphatic carbocycles. The van der Waals surface area contributed by atoms with E-state index in [0.29, 0.717) is 18.6 Å². The molecule has 0 saturated carbocycles. The first-order valence-electron chi connectivity index (χ1n) is 4.98. The Morgan fingerprint density at radius 2 is 2.20 bits per heavy atom. The van der Waals surface area contributed by atoms with E-state index >= 15 is 0 Å². The molecule has 78 valence electrons. The van der Waals surface area contributed by atoms with Crippen LogP contribution in [0.3, 0.4) is 0 Å². The predicted molar refractivity (Wildman–Crippen MR) is 57.3 cm³/mol. The zero-order valence-corrected chi connectivity index (χ0v) is 8.62. The van der Waals surface area contributed by atoms with Crippen LogP contribution in [0.5, 0.6) is 0 Å². The smallest absolute Gasteiger partial charge is 0.194 e. The van der Waals surface area contributed by atoms with Gasteiger partial charge in [0.2, 0.25) is 0 Å². The summed E-state index contributed by atoms with van der Waals surface area (Å²) in [5, 5.41) is 0. The maximum Gasteiger partial charge on any atom is 0.194 e. The summed E-state index contributed by atoms with van der Waals surface area (Å²) in [6.07, 6.45) is 0.584. The molecule has 0 spiro atoms. The summed E-state index contributed by atoms with van der Waals surface area (Å²) < 4.78 is 5.16. The van der Waals surface area contributed by atoms with Crippen molar-refractivity contribution in [1.82, 2.24) is 0 Å². The number of carbonyl (C=O) groups is 1. The van der Waals surface area contributed by atoms with E-state index in [1.165, 1.54) is 0 Å². The van der Waals surface area contributed by atoms with E-state index < -0.39 is 0 Å². The van der Waals surface area contributed by atoms with E-state index in [4.69, 9.17) is 10.5 Å². The lowest BCUT2D eigenvalue weighted by molar-refractivity contribution is 0.102. The standard InChI is InChI=1S/C12H13NO2/c1-2-15-12(13)10-7-8-5-3-4-6-9(8)11(10)14/h3-6H,2,7,13H2,1H3/b12-10+. The molecule has 0 bridgehead atoms. The number of Topliss-reactive ketones (excluding diaryl/α,β-unsaturated/α-hetero) is 1. The Kier molecular flexibility index (Phi) is 2.46. The molecule has 0 aliphatic heterocycles. The van der Waals surface area contributed by atoms with Crippen molar-refractivity contribution in [3.63, 3.8) is 0 Å². The van der Waals surface area contributed by atoms with Crippen LogP contribution in [0.2, 0.25) is 0 Å². The summed E-state index contributed by atoms with van der Waals surface area (Å²) in [6.45, 7) is 2.33. The molecule has 1 aromatic rings. The van der Waals surface area contributed by atoms with E-state index in [1.807, 2.05) is 31.2 Å². The SMILES string of the molecule is CCO/C(N)=C1\Cc2ccccc2C1=O. The second-order valence-corrected chi connectivity index (χ2v) is 3.44. The van der Waals surface area contributed by atoms with Crippen LogP contribution in [0, 0.1) is 0 Å². The molecule has 2 N–H and O–H groups in total. The third-order valence-electron chi connectivity index (χ3n) is 2.50. The van der Waals surface area contributed by atoms with Crippen molar-refractivity contribution in [2.45, 2.75) is 13.3 Å². The Morgan fingerprint density at radius 3 is 2.87 bits per heavy atom. The zero-order chi connectivity index (χ0) is 10.8. The normalized spacial score (nSPS) is 17.5. The first kappa shape index (κ1) is 9.77. The fraction of sp³-hybridized carbons (Fsp3) is 0.250. The molecule has 0 aromatic heterocycles. The van der Waals surface area contributed by atoms with Gasteiger partial charge in [-0.05, 0) is 12.5 Å². The summed E-state index contributed by atoms with van der Waals surface area (Å²) in [6, 6.07) is 7.55. The monoisotopic (exact) mass is 203 g/mol. The van der Waals surface area contributed by atoms with Gasteiger partial charge >= 0.3 is 0 Å². The largest absolute Gasteiger partial charge is 0.479 e. The minimum atomic E-state index is -0.00319. The lowest BCUT2D eigenvalue weighted by atomic mass is 10.1. The van der Waals surface area contributed by atoms with Crippen LogP contribution in [0.15, 0.2) is 35.7 Å². The van der Waals surface area contributed by atoms with Gasteiger partial charge in [0.1, 0.15) is 0 Å². The number of benzene rings is 1. The van der Waals surface area contributed by atoms with Gasteiger partial charge in [-0.1, -0.05) is 24.3 Å². The lowest BCUT2D eigenvalue weighted by Crippen LogP contribution is -2.10.